The van der Waals surface area contributed by atoms with Crippen LogP contribution in [0.4, 0.5) is 29.2 Å². The molecule has 0 saturated carbocycles. The van der Waals surface area contributed by atoms with Crippen molar-refractivity contribution in [3.8, 4) is 23.2 Å². The van der Waals surface area contributed by atoms with Crippen LogP contribution < -0.4 is 15.0 Å². The number of benzene rings is 2. The second-order valence-corrected chi connectivity index (χ2v) is 16.6. The third kappa shape index (κ3) is 8.19. The van der Waals surface area contributed by atoms with Gasteiger partial charge >= 0.3 is 18.2 Å². The van der Waals surface area contributed by atoms with Gasteiger partial charge in [0.15, 0.2) is 5.82 Å². The average Bonchev–Trinajstić information content (AvgIpc) is 3.65. The van der Waals surface area contributed by atoms with Gasteiger partial charge in [0.1, 0.15) is 46.0 Å². The number of likely N-dealkylation sites (N-methyl/N-ethyl adjacent to an activating group) is 1. The maximum Gasteiger partial charge on any atom is 0.412 e. The molecular formula is C37H42ClF2N7O5S. The average molecular weight is 770 g/mol. The second kappa shape index (κ2) is 14.7. The Balaban J connectivity index is 1.44. The first-order chi connectivity index (χ1) is 24.9. The van der Waals surface area contributed by atoms with Crippen molar-refractivity contribution in [1.29, 1.82) is 5.26 Å². The summed E-state index contributed by atoms with van der Waals surface area (Å²) < 4.78 is 49.5. The second-order valence-electron chi connectivity index (χ2n) is 15.2. The number of piperazine rings is 1. The molecule has 2 aliphatic rings. The van der Waals surface area contributed by atoms with Crippen LogP contribution in [0.3, 0.4) is 0 Å². The van der Waals surface area contributed by atoms with E-state index < -0.39 is 35.0 Å². The van der Waals surface area contributed by atoms with Crippen molar-refractivity contribution in [3.05, 3.63) is 40.4 Å². The molecule has 2 saturated heterocycles. The van der Waals surface area contributed by atoms with Crippen molar-refractivity contribution < 1.29 is 32.6 Å². The molecule has 2 fully saturated rings. The van der Waals surface area contributed by atoms with Crippen molar-refractivity contribution in [2.45, 2.75) is 71.6 Å². The molecule has 2 aromatic carbocycles. The number of likely N-dealkylation sites (tertiary alicyclic amines) is 1. The predicted octanol–water partition coefficient (Wildman–Crippen LogP) is 8.19. The Morgan fingerprint density at radius 1 is 1.06 bits per heavy atom. The van der Waals surface area contributed by atoms with Crippen LogP contribution in [-0.4, -0.2) is 95.6 Å². The number of fused-ring (bicyclic) bond motifs is 2. The van der Waals surface area contributed by atoms with Gasteiger partial charge in [0.2, 0.25) is 0 Å². The van der Waals surface area contributed by atoms with E-state index in [-0.39, 0.29) is 54.4 Å². The molecular weight excluding hydrogens is 728 g/mol. The summed E-state index contributed by atoms with van der Waals surface area (Å²) in [6, 6.07) is 6.22. The minimum Gasteiger partial charge on any atom is -0.462 e. The molecule has 53 heavy (non-hydrogen) atoms. The maximum absolute atomic E-state index is 17.1. The molecule has 0 bridgehead atoms. The molecule has 0 radical (unpaired) electrons. The molecule has 2 aromatic heterocycles. The highest BCUT2D eigenvalue weighted by Gasteiger charge is 2.31. The van der Waals surface area contributed by atoms with Gasteiger partial charge in [0.05, 0.1) is 15.3 Å². The van der Waals surface area contributed by atoms with Crippen LogP contribution in [0.25, 0.3) is 32.1 Å². The third-order valence-electron chi connectivity index (χ3n) is 8.94. The fourth-order valence-electron chi connectivity index (χ4n) is 6.47. The fraction of sp³-hybridized carbons (Fsp3) is 0.486. The molecule has 1 atom stereocenters. The molecule has 12 nitrogen and oxygen atoms in total. The summed E-state index contributed by atoms with van der Waals surface area (Å²) in [5.41, 5.74) is -1.60. The minimum atomic E-state index is -0.829. The van der Waals surface area contributed by atoms with Gasteiger partial charge in [0, 0.05) is 48.6 Å². The van der Waals surface area contributed by atoms with E-state index in [0.29, 0.717) is 44.0 Å². The van der Waals surface area contributed by atoms with E-state index in [0.717, 1.165) is 36.8 Å². The Kier molecular flexibility index (Phi) is 10.6. The predicted molar refractivity (Wildman–Crippen MR) is 201 cm³/mol. The number of thiophene rings is 1. The number of nitriles is 1. The minimum absolute atomic E-state index is 0.0246. The van der Waals surface area contributed by atoms with Crippen LogP contribution in [0.15, 0.2) is 18.2 Å². The Labute approximate surface area is 315 Å². The standard InChI is InChI=1S/C37H42ClF2N7O5S/c1-36(2,3)51-34(48)44-32-23(18-41)26-21(10-11-25(39)30(26)53-32)27-24(38)17-22-29(28(27)40)42-33(50-19-20-9-8-12-45(20)7)43-31(22)46-13-15-47(16-14-46)35(49)52-37(4,5)6/h10-11,17,20H,8-9,12-16,19H2,1-7H3,(H,44,48). The first-order valence-electron chi connectivity index (χ1n) is 17.3. The highest BCUT2D eigenvalue weighted by atomic mass is 35.5. The molecule has 1 N–H and O–H groups in total. The molecule has 2 aliphatic heterocycles. The zero-order valence-corrected chi connectivity index (χ0v) is 32.3. The first kappa shape index (κ1) is 38.2. The summed E-state index contributed by atoms with van der Waals surface area (Å²) in [6.07, 6.45) is 0.713. The summed E-state index contributed by atoms with van der Waals surface area (Å²) in [7, 11) is 2.02. The first-order valence-corrected chi connectivity index (χ1v) is 18.5. The lowest BCUT2D eigenvalue weighted by molar-refractivity contribution is 0.0240. The highest BCUT2D eigenvalue weighted by molar-refractivity contribution is 7.23. The van der Waals surface area contributed by atoms with Crippen molar-refractivity contribution in [1.82, 2.24) is 19.8 Å². The van der Waals surface area contributed by atoms with E-state index in [4.69, 9.17) is 30.8 Å². The van der Waals surface area contributed by atoms with Gasteiger partial charge in [0.25, 0.3) is 0 Å². The molecule has 1 unspecified atom stereocenters. The van der Waals surface area contributed by atoms with Crippen LogP contribution >= 0.6 is 22.9 Å². The zero-order chi connectivity index (χ0) is 38.4. The normalized spacial score (nSPS) is 17.0. The van der Waals surface area contributed by atoms with Gasteiger partial charge in [-0.05, 0) is 85.7 Å². The topological polar surface area (TPSA) is 133 Å². The van der Waals surface area contributed by atoms with Gasteiger partial charge in [-0.1, -0.05) is 17.7 Å². The Hall–Kier alpha value is -4.52. The molecule has 2 amide bonds. The monoisotopic (exact) mass is 769 g/mol. The molecule has 6 rings (SSSR count). The summed E-state index contributed by atoms with van der Waals surface area (Å²) in [5.74, 6) is -1.11. The van der Waals surface area contributed by atoms with Gasteiger partial charge in [-0.15, -0.1) is 11.3 Å². The number of rotatable bonds is 6. The number of carbonyl (C=O) groups is 2. The van der Waals surface area contributed by atoms with E-state index in [1.165, 1.54) is 6.07 Å². The summed E-state index contributed by atoms with van der Waals surface area (Å²) in [6.45, 7) is 13.1. The lowest BCUT2D eigenvalue weighted by Crippen LogP contribution is -2.50. The summed E-state index contributed by atoms with van der Waals surface area (Å²) in [5, 5.41) is 13.2. The number of anilines is 2. The number of amides is 2. The van der Waals surface area contributed by atoms with Crippen molar-refractivity contribution >= 4 is 66.9 Å². The lowest BCUT2D eigenvalue weighted by Gasteiger charge is -2.36. The molecule has 16 heteroatoms. The van der Waals surface area contributed by atoms with Crippen molar-refractivity contribution in [2.75, 3.05) is 56.6 Å². The van der Waals surface area contributed by atoms with Crippen LogP contribution in [0.5, 0.6) is 6.01 Å². The Morgan fingerprint density at radius 2 is 1.75 bits per heavy atom. The van der Waals surface area contributed by atoms with Gasteiger partial charge in [-0.2, -0.15) is 15.2 Å². The number of ether oxygens (including phenoxy) is 3. The maximum atomic E-state index is 17.1. The van der Waals surface area contributed by atoms with Crippen LogP contribution in [0.2, 0.25) is 5.02 Å². The smallest absolute Gasteiger partial charge is 0.412 e. The summed E-state index contributed by atoms with van der Waals surface area (Å²) in [4.78, 5) is 40.5. The highest BCUT2D eigenvalue weighted by Crippen LogP contribution is 2.46. The van der Waals surface area contributed by atoms with E-state index >= 15 is 8.78 Å². The number of aromatic nitrogens is 2. The molecule has 4 heterocycles. The van der Waals surface area contributed by atoms with Gasteiger partial charge in [-0.25, -0.2) is 18.4 Å². The van der Waals surface area contributed by atoms with E-state index in [2.05, 4.69) is 15.2 Å². The number of halogens is 3. The largest absolute Gasteiger partial charge is 0.462 e. The molecule has 0 spiro atoms. The van der Waals surface area contributed by atoms with Gasteiger partial charge in [-0.3, -0.25) is 5.32 Å². The van der Waals surface area contributed by atoms with E-state index in [1.54, 1.807) is 31.7 Å². The van der Waals surface area contributed by atoms with Crippen LogP contribution in [0, 0.1) is 23.0 Å². The number of nitrogens with zero attached hydrogens (tertiary/aromatic N) is 6. The molecule has 4 aromatic rings. The van der Waals surface area contributed by atoms with Crippen LogP contribution in [-0.2, 0) is 9.47 Å². The van der Waals surface area contributed by atoms with E-state index in [9.17, 15) is 14.9 Å². The van der Waals surface area contributed by atoms with Crippen molar-refractivity contribution in [2.24, 2.45) is 0 Å². The van der Waals surface area contributed by atoms with Crippen LogP contribution in [0.1, 0.15) is 59.9 Å². The van der Waals surface area contributed by atoms with Gasteiger partial charge < -0.3 is 28.9 Å². The van der Waals surface area contributed by atoms with E-state index in [1.807, 2.05) is 38.8 Å². The number of hydrogen-bond acceptors (Lipinski definition) is 11. The molecule has 282 valence electrons. The zero-order valence-electron chi connectivity index (χ0n) is 30.7. The third-order valence-corrected chi connectivity index (χ3v) is 10.3. The quantitative estimate of drug-likeness (QED) is 0.205. The Bertz CT molecular complexity index is 2120. The fourth-order valence-corrected chi connectivity index (χ4v) is 7.83. The number of carbonyl (C=O) groups excluding carboxylic acids is 2. The molecule has 0 aliphatic carbocycles. The number of nitrogens with one attached hydrogen (secondary N) is 1. The summed E-state index contributed by atoms with van der Waals surface area (Å²) >= 11 is 7.73. The number of hydrogen-bond donors (Lipinski definition) is 1. The SMILES string of the molecule is CN1CCCC1COc1nc(N2CCN(C(=O)OC(C)(C)C)CC2)c2cc(Cl)c(-c3ccc(F)c4sc(NC(=O)OC(C)(C)C)c(C#N)c34)c(F)c2n1. The Morgan fingerprint density at radius 3 is 2.38 bits per heavy atom. The lowest BCUT2D eigenvalue weighted by atomic mass is 9.97. The van der Waals surface area contributed by atoms with Crippen molar-refractivity contribution in [3.63, 3.8) is 0 Å².